The third-order valence-corrected chi connectivity index (χ3v) is 5.05. The molecule has 0 saturated carbocycles. The summed E-state index contributed by atoms with van der Waals surface area (Å²) in [7, 11) is 0. The first-order valence-corrected chi connectivity index (χ1v) is 8.77. The highest BCUT2D eigenvalue weighted by Gasteiger charge is 2.27. The monoisotopic (exact) mass is 331 g/mol. The number of carbonyl (C=O) groups excluding carboxylic acids is 1. The van der Waals surface area contributed by atoms with Crippen LogP contribution in [0.5, 0.6) is 0 Å². The van der Waals surface area contributed by atoms with Crippen molar-refractivity contribution in [3.63, 3.8) is 0 Å². The van der Waals surface area contributed by atoms with E-state index in [9.17, 15) is 4.79 Å². The van der Waals surface area contributed by atoms with Crippen LogP contribution in [0.25, 0.3) is 0 Å². The number of nitrogens with one attached hydrogen (secondary N) is 1. The molecule has 23 heavy (non-hydrogen) atoms. The van der Waals surface area contributed by atoms with E-state index in [4.69, 9.17) is 0 Å². The number of aromatic nitrogens is 3. The van der Waals surface area contributed by atoms with Gasteiger partial charge in [-0.05, 0) is 26.2 Å². The van der Waals surface area contributed by atoms with E-state index in [2.05, 4.69) is 32.1 Å². The number of thiazole rings is 1. The van der Waals surface area contributed by atoms with Crippen molar-refractivity contribution in [2.45, 2.75) is 33.1 Å². The van der Waals surface area contributed by atoms with E-state index in [1.807, 2.05) is 6.92 Å². The highest BCUT2D eigenvalue weighted by Crippen LogP contribution is 2.25. The Labute approximate surface area is 140 Å². The van der Waals surface area contributed by atoms with Gasteiger partial charge in [0.1, 0.15) is 5.82 Å². The summed E-state index contributed by atoms with van der Waals surface area (Å²) in [4.78, 5) is 28.8. The minimum absolute atomic E-state index is 0.0416. The first-order valence-electron chi connectivity index (χ1n) is 7.95. The number of aryl methyl sites for hydroxylation is 2. The third kappa shape index (κ3) is 3.67. The van der Waals surface area contributed by atoms with E-state index in [1.54, 1.807) is 29.9 Å². The lowest BCUT2D eigenvalue weighted by molar-refractivity contribution is -0.120. The van der Waals surface area contributed by atoms with E-state index in [-0.39, 0.29) is 11.8 Å². The molecule has 1 amide bonds. The van der Waals surface area contributed by atoms with Crippen molar-refractivity contribution in [3.05, 3.63) is 29.2 Å². The first kappa shape index (κ1) is 15.9. The van der Waals surface area contributed by atoms with Crippen molar-refractivity contribution in [3.8, 4) is 0 Å². The average Bonchev–Trinajstić information content (AvgIpc) is 2.95. The number of amides is 1. The minimum Gasteiger partial charge on any atom is -0.355 e. The number of nitrogens with zero attached hydrogens (tertiary/aromatic N) is 4. The molecule has 1 saturated heterocycles. The molecule has 3 heterocycles. The highest BCUT2D eigenvalue weighted by atomic mass is 32.1. The molecule has 0 bridgehead atoms. The van der Waals surface area contributed by atoms with Crippen molar-refractivity contribution >= 4 is 28.2 Å². The maximum Gasteiger partial charge on any atom is 0.231 e. The Morgan fingerprint density at radius 1 is 1.48 bits per heavy atom. The number of hydrogen-bond acceptors (Lipinski definition) is 6. The predicted octanol–water partition coefficient (Wildman–Crippen LogP) is 2.66. The van der Waals surface area contributed by atoms with Gasteiger partial charge in [0.25, 0.3) is 0 Å². The van der Waals surface area contributed by atoms with Gasteiger partial charge in [-0.2, -0.15) is 0 Å². The molecule has 1 aliphatic rings. The Morgan fingerprint density at radius 3 is 3.04 bits per heavy atom. The van der Waals surface area contributed by atoms with Gasteiger partial charge in [-0.1, -0.05) is 6.92 Å². The summed E-state index contributed by atoms with van der Waals surface area (Å²) in [5, 5.41) is 3.69. The summed E-state index contributed by atoms with van der Waals surface area (Å²) >= 11 is 1.55. The first-order chi connectivity index (χ1) is 11.2. The Hall–Kier alpha value is -2.02. The van der Waals surface area contributed by atoms with Crippen LogP contribution in [-0.2, 0) is 11.2 Å². The summed E-state index contributed by atoms with van der Waals surface area (Å²) in [6, 6.07) is 0. The van der Waals surface area contributed by atoms with Gasteiger partial charge < -0.3 is 10.2 Å². The van der Waals surface area contributed by atoms with Gasteiger partial charge in [-0.15, -0.1) is 11.3 Å². The van der Waals surface area contributed by atoms with Crippen LogP contribution in [0.4, 0.5) is 10.9 Å². The van der Waals surface area contributed by atoms with Gasteiger partial charge in [0.15, 0.2) is 5.13 Å². The summed E-state index contributed by atoms with van der Waals surface area (Å²) in [6.07, 6.45) is 7.86. The summed E-state index contributed by atoms with van der Waals surface area (Å²) in [5.41, 5.74) is 1.06. The lowest BCUT2D eigenvalue weighted by Crippen LogP contribution is -2.41. The Morgan fingerprint density at radius 2 is 2.35 bits per heavy atom. The van der Waals surface area contributed by atoms with Gasteiger partial charge in [-0.3, -0.25) is 9.78 Å². The topological polar surface area (TPSA) is 71.0 Å². The van der Waals surface area contributed by atoms with Crippen LogP contribution in [0.15, 0.2) is 18.6 Å². The molecule has 0 unspecified atom stereocenters. The van der Waals surface area contributed by atoms with E-state index < -0.39 is 0 Å². The quantitative estimate of drug-likeness (QED) is 0.932. The molecule has 7 heteroatoms. The fraction of sp³-hybridized carbons (Fsp3) is 0.500. The highest BCUT2D eigenvalue weighted by molar-refractivity contribution is 7.15. The second-order valence-corrected chi connectivity index (χ2v) is 6.92. The van der Waals surface area contributed by atoms with Crippen molar-refractivity contribution in [2.24, 2.45) is 5.92 Å². The Kier molecular flexibility index (Phi) is 4.85. The molecule has 2 aromatic heterocycles. The van der Waals surface area contributed by atoms with E-state index in [0.717, 1.165) is 37.3 Å². The van der Waals surface area contributed by atoms with Crippen molar-refractivity contribution < 1.29 is 4.79 Å². The fourth-order valence-electron chi connectivity index (χ4n) is 2.87. The molecule has 122 valence electrons. The van der Waals surface area contributed by atoms with Crippen LogP contribution in [0.1, 0.15) is 30.3 Å². The van der Waals surface area contributed by atoms with Crippen LogP contribution in [-0.4, -0.2) is 33.9 Å². The minimum atomic E-state index is -0.0416. The van der Waals surface area contributed by atoms with Crippen molar-refractivity contribution in [1.29, 1.82) is 0 Å². The molecular formula is C16H21N5OS. The molecule has 0 spiro atoms. The molecule has 1 atom stereocenters. The second kappa shape index (κ2) is 7.04. The number of rotatable bonds is 4. The smallest absolute Gasteiger partial charge is 0.231 e. The Bertz CT molecular complexity index is 672. The third-order valence-electron chi connectivity index (χ3n) is 4.12. The zero-order chi connectivity index (χ0) is 16.2. The molecule has 3 rings (SSSR count). The maximum absolute atomic E-state index is 12.5. The van der Waals surface area contributed by atoms with E-state index in [0.29, 0.717) is 11.7 Å². The molecule has 0 aliphatic carbocycles. The summed E-state index contributed by atoms with van der Waals surface area (Å²) in [6.45, 7) is 5.71. The molecule has 1 N–H and O–H groups in total. The summed E-state index contributed by atoms with van der Waals surface area (Å²) in [5.74, 6) is 0.846. The zero-order valence-electron chi connectivity index (χ0n) is 13.5. The van der Waals surface area contributed by atoms with Crippen LogP contribution in [0.2, 0.25) is 0 Å². The van der Waals surface area contributed by atoms with Crippen LogP contribution >= 0.6 is 11.3 Å². The van der Waals surface area contributed by atoms with E-state index >= 15 is 0 Å². The molecule has 1 aliphatic heterocycles. The van der Waals surface area contributed by atoms with Gasteiger partial charge in [-0.25, -0.2) is 9.97 Å². The number of hydrogen-bond donors (Lipinski definition) is 1. The average molecular weight is 331 g/mol. The summed E-state index contributed by atoms with van der Waals surface area (Å²) < 4.78 is 0. The SMILES string of the molecule is CCc1nc(NC(=O)[C@@H]2CCCN(c3cnccn3)C2)sc1C. The van der Waals surface area contributed by atoms with Crippen LogP contribution in [0.3, 0.4) is 0 Å². The normalized spacial score (nSPS) is 18.0. The molecule has 1 fully saturated rings. The maximum atomic E-state index is 12.5. The van der Waals surface area contributed by atoms with Gasteiger partial charge >= 0.3 is 0 Å². The number of carbonyl (C=O) groups is 1. The molecule has 0 radical (unpaired) electrons. The van der Waals surface area contributed by atoms with Gasteiger partial charge in [0.2, 0.25) is 5.91 Å². The lowest BCUT2D eigenvalue weighted by Gasteiger charge is -2.32. The van der Waals surface area contributed by atoms with Crippen molar-refractivity contribution in [1.82, 2.24) is 15.0 Å². The van der Waals surface area contributed by atoms with Crippen molar-refractivity contribution in [2.75, 3.05) is 23.3 Å². The van der Waals surface area contributed by atoms with E-state index in [1.165, 1.54) is 4.88 Å². The van der Waals surface area contributed by atoms with Crippen LogP contribution < -0.4 is 10.2 Å². The van der Waals surface area contributed by atoms with Gasteiger partial charge in [0, 0.05) is 30.4 Å². The largest absolute Gasteiger partial charge is 0.355 e. The van der Waals surface area contributed by atoms with Crippen LogP contribution in [0, 0.1) is 12.8 Å². The standard InChI is InChI=1S/C16H21N5OS/c1-3-13-11(2)23-16(19-13)20-15(22)12-5-4-8-21(10-12)14-9-17-6-7-18-14/h6-7,9,12H,3-5,8,10H2,1-2H3,(H,19,20,22)/t12-/m1/s1. The Balaban J connectivity index is 1.65. The van der Waals surface area contributed by atoms with Gasteiger partial charge in [0.05, 0.1) is 17.8 Å². The lowest BCUT2D eigenvalue weighted by atomic mass is 9.97. The number of piperidine rings is 1. The molecule has 2 aromatic rings. The molecule has 6 nitrogen and oxygen atoms in total. The fourth-order valence-corrected chi connectivity index (χ4v) is 3.78. The molecule has 0 aromatic carbocycles. The predicted molar refractivity (Wildman–Crippen MR) is 91.8 cm³/mol. The zero-order valence-corrected chi connectivity index (χ0v) is 14.3. The number of anilines is 2. The second-order valence-electron chi connectivity index (χ2n) is 5.71. The molecular weight excluding hydrogens is 310 g/mol.